The predicted molar refractivity (Wildman–Crippen MR) is 149 cm³/mol. The van der Waals surface area contributed by atoms with Crippen molar-refractivity contribution in [1.82, 2.24) is 10.6 Å². The lowest BCUT2D eigenvalue weighted by Crippen LogP contribution is -2.33. The van der Waals surface area contributed by atoms with Gasteiger partial charge in [0.1, 0.15) is 0 Å². The third kappa shape index (κ3) is 8.93. The van der Waals surface area contributed by atoms with Crippen LogP contribution in [0.15, 0.2) is 77.7 Å². The molecular weight excluding hydrogens is 524 g/mol. The van der Waals surface area contributed by atoms with Gasteiger partial charge in [0.05, 0.1) is 17.4 Å². The van der Waals surface area contributed by atoms with Crippen molar-refractivity contribution in [2.75, 3.05) is 27.6 Å². The highest BCUT2D eigenvalue weighted by Crippen LogP contribution is 2.24. The molecule has 4 amide bonds. The molecule has 0 aliphatic heterocycles. The number of carbonyl (C=O) groups excluding carboxylic acids is 2. The Bertz CT molecular complexity index is 1430. The average Bonchev–Trinajstić information content (AvgIpc) is 2.88. The number of carboxylic acids is 1. The fourth-order valence-corrected chi connectivity index (χ4v) is 4.60. The van der Waals surface area contributed by atoms with Crippen LogP contribution in [0.3, 0.4) is 0 Å². The summed E-state index contributed by atoms with van der Waals surface area (Å²) in [6.07, 6.45) is 0.306. The summed E-state index contributed by atoms with van der Waals surface area (Å²) < 4.78 is 28.6. The zero-order valence-electron chi connectivity index (χ0n) is 21.1. The lowest BCUT2D eigenvalue weighted by molar-refractivity contribution is -0.137. The number of urea groups is 2. The van der Waals surface area contributed by atoms with Gasteiger partial charge >= 0.3 is 18.0 Å². The van der Waals surface area contributed by atoms with Gasteiger partial charge in [-0.1, -0.05) is 25.1 Å². The summed E-state index contributed by atoms with van der Waals surface area (Å²) in [5.41, 5.74) is 7.43. The second-order valence-corrected chi connectivity index (χ2v) is 10.2. The molecule has 3 aromatic rings. The van der Waals surface area contributed by atoms with Gasteiger partial charge in [0.15, 0.2) is 0 Å². The molecule has 1 atom stereocenters. The van der Waals surface area contributed by atoms with Crippen molar-refractivity contribution in [1.29, 1.82) is 0 Å². The molecule has 1 unspecified atom stereocenters. The number of hydrogen-bond donors (Lipinski definition) is 7. The largest absolute Gasteiger partial charge is 0.481 e. The summed E-state index contributed by atoms with van der Waals surface area (Å²) in [5.74, 6) is -1.16. The number of anilines is 4. The normalized spacial score (nSPS) is 11.6. The van der Waals surface area contributed by atoms with Crippen LogP contribution in [0.4, 0.5) is 32.3 Å². The highest BCUT2D eigenvalue weighted by molar-refractivity contribution is 7.92. The molecule has 13 heteroatoms. The molecule has 39 heavy (non-hydrogen) atoms. The van der Waals surface area contributed by atoms with E-state index in [0.717, 1.165) is 6.42 Å². The molecular formula is C26H30N6O6S. The van der Waals surface area contributed by atoms with Crippen LogP contribution in [-0.2, 0) is 14.8 Å². The van der Waals surface area contributed by atoms with Gasteiger partial charge in [-0.15, -0.1) is 0 Å². The minimum absolute atomic E-state index is 0.0933. The Morgan fingerprint density at radius 3 is 2.23 bits per heavy atom. The van der Waals surface area contributed by atoms with E-state index in [4.69, 9.17) is 5.73 Å². The summed E-state index contributed by atoms with van der Waals surface area (Å²) in [7, 11) is -4.07. The number of carbonyl (C=O) groups is 3. The van der Waals surface area contributed by atoms with Crippen molar-refractivity contribution in [2.45, 2.75) is 30.7 Å². The molecule has 0 bridgehead atoms. The summed E-state index contributed by atoms with van der Waals surface area (Å²) in [5, 5.41) is 19.8. The van der Waals surface area contributed by atoms with Crippen molar-refractivity contribution in [2.24, 2.45) is 0 Å². The number of sulfonamides is 1. The quantitative estimate of drug-likeness (QED) is 0.174. The van der Waals surface area contributed by atoms with Crippen molar-refractivity contribution in [3.05, 3.63) is 78.4 Å². The van der Waals surface area contributed by atoms with E-state index in [1.807, 2.05) is 6.92 Å². The number of nitrogens with one attached hydrogen (secondary N) is 5. The van der Waals surface area contributed by atoms with Crippen LogP contribution in [0.5, 0.6) is 0 Å². The van der Waals surface area contributed by atoms with Gasteiger partial charge in [-0.2, -0.15) is 0 Å². The van der Waals surface area contributed by atoms with Crippen LogP contribution >= 0.6 is 0 Å². The van der Waals surface area contributed by atoms with Gasteiger partial charge in [-0.05, 0) is 66.6 Å². The Kier molecular flexibility index (Phi) is 9.70. The maximum Gasteiger partial charge on any atom is 0.319 e. The summed E-state index contributed by atoms with van der Waals surface area (Å²) in [4.78, 5) is 35.9. The molecule has 0 heterocycles. The number of benzene rings is 3. The lowest BCUT2D eigenvalue weighted by atomic mass is 10.0. The molecule has 0 fully saturated rings. The standard InChI is InChI=1S/C26H30N6O6S/c1-2-13-28-25(35)30-20-6-4-8-22(15-20)39(37,38)32-21-7-3-5-17(14-21)23(16-24(33)34)31-26(36)29-19-11-9-18(27)10-12-19/h3-12,14-15,23,32H,2,13,16,27H2,1H3,(H,33,34)(H2,28,30,35)(H2,29,31,36). The van der Waals surface area contributed by atoms with Crippen LogP contribution in [0, 0.1) is 0 Å². The number of aliphatic carboxylic acids is 1. The summed E-state index contributed by atoms with van der Waals surface area (Å²) in [6, 6.07) is 16.1. The molecule has 8 N–H and O–H groups in total. The Morgan fingerprint density at radius 2 is 1.54 bits per heavy atom. The van der Waals surface area contributed by atoms with E-state index in [-0.39, 0.29) is 16.3 Å². The number of rotatable bonds is 11. The monoisotopic (exact) mass is 554 g/mol. The molecule has 0 aliphatic rings. The fraction of sp³-hybridized carbons (Fsp3) is 0.192. The third-order valence-corrected chi connectivity index (χ3v) is 6.71. The van der Waals surface area contributed by atoms with E-state index in [1.165, 1.54) is 36.4 Å². The summed E-state index contributed by atoms with van der Waals surface area (Å²) in [6.45, 7) is 2.38. The first-order chi connectivity index (χ1) is 18.6. The Morgan fingerprint density at radius 1 is 0.872 bits per heavy atom. The first-order valence-corrected chi connectivity index (χ1v) is 13.5. The molecule has 0 saturated carbocycles. The second kappa shape index (κ2) is 13.1. The zero-order chi connectivity index (χ0) is 28.4. The van der Waals surface area contributed by atoms with E-state index in [9.17, 15) is 27.9 Å². The van der Waals surface area contributed by atoms with Crippen LogP contribution in [0.2, 0.25) is 0 Å². The maximum absolute atomic E-state index is 13.1. The Hall–Kier alpha value is -4.78. The average molecular weight is 555 g/mol. The fourth-order valence-electron chi connectivity index (χ4n) is 3.51. The van der Waals surface area contributed by atoms with E-state index in [0.29, 0.717) is 23.5 Å². The van der Waals surface area contributed by atoms with E-state index in [2.05, 4.69) is 26.0 Å². The number of nitrogen functional groups attached to an aromatic ring is 1. The number of hydrogen-bond acceptors (Lipinski definition) is 6. The number of nitrogens with two attached hydrogens (primary N) is 1. The number of carboxylic acid groups (broad SMARTS) is 1. The molecule has 0 radical (unpaired) electrons. The number of amides is 4. The summed E-state index contributed by atoms with van der Waals surface area (Å²) >= 11 is 0. The van der Waals surface area contributed by atoms with Gasteiger partial charge in [0.25, 0.3) is 10.0 Å². The lowest BCUT2D eigenvalue weighted by Gasteiger charge is -2.19. The highest BCUT2D eigenvalue weighted by atomic mass is 32.2. The molecule has 0 saturated heterocycles. The van der Waals surface area contributed by atoms with Gasteiger partial charge in [-0.25, -0.2) is 18.0 Å². The first kappa shape index (κ1) is 28.8. The van der Waals surface area contributed by atoms with Crippen molar-refractivity contribution in [3.63, 3.8) is 0 Å². The van der Waals surface area contributed by atoms with Crippen LogP contribution < -0.4 is 31.7 Å². The van der Waals surface area contributed by atoms with Crippen LogP contribution in [0.1, 0.15) is 31.4 Å². The van der Waals surface area contributed by atoms with Crippen LogP contribution in [0.25, 0.3) is 0 Å². The minimum Gasteiger partial charge on any atom is -0.481 e. The topological polar surface area (TPSA) is 192 Å². The second-order valence-electron chi connectivity index (χ2n) is 8.51. The maximum atomic E-state index is 13.1. The minimum atomic E-state index is -4.07. The van der Waals surface area contributed by atoms with Gasteiger partial charge < -0.3 is 32.1 Å². The SMILES string of the molecule is CCCNC(=O)Nc1cccc(S(=O)(=O)Nc2cccc(C(CC(=O)O)NC(=O)Nc3ccc(N)cc3)c2)c1. The molecule has 3 aromatic carbocycles. The molecule has 0 spiro atoms. The van der Waals surface area contributed by atoms with E-state index in [1.54, 1.807) is 36.4 Å². The van der Waals surface area contributed by atoms with Gasteiger partial charge in [0.2, 0.25) is 0 Å². The van der Waals surface area contributed by atoms with E-state index < -0.39 is 40.5 Å². The van der Waals surface area contributed by atoms with Crippen molar-refractivity contribution >= 4 is 50.8 Å². The molecule has 0 aromatic heterocycles. The zero-order valence-corrected chi connectivity index (χ0v) is 21.9. The Balaban J connectivity index is 1.75. The van der Waals surface area contributed by atoms with Crippen molar-refractivity contribution in [3.8, 4) is 0 Å². The van der Waals surface area contributed by atoms with Crippen molar-refractivity contribution < 1.29 is 27.9 Å². The molecule has 0 aliphatic carbocycles. The van der Waals surface area contributed by atoms with Gasteiger partial charge in [0, 0.05) is 29.3 Å². The predicted octanol–water partition coefficient (Wildman–Crippen LogP) is 3.94. The Labute approximate surface area is 226 Å². The van der Waals surface area contributed by atoms with E-state index >= 15 is 0 Å². The van der Waals surface area contributed by atoms with Crippen LogP contribution in [-0.4, -0.2) is 38.1 Å². The third-order valence-electron chi connectivity index (χ3n) is 5.33. The molecule has 12 nitrogen and oxygen atoms in total. The smallest absolute Gasteiger partial charge is 0.319 e. The molecule has 3 rings (SSSR count). The first-order valence-electron chi connectivity index (χ1n) is 12.0. The van der Waals surface area contributed by atoms with Gasteiger partial charge in [-0.3, -0.25) is 9.52 Å². The molecule has 206 valence electrons. The highest BCUT2D eigenvalue weighted by Gasteiger charge is 2.20.